The number of alkyl halides is 1. The number of benzene rings is 1. The largest absolute Gasteiger partial charge is 0.496 e. The Labute approximate surface area is 105 Å². The number of fused-ring (bicyclic) bond motifs is 1. The van der Waals surface area contributed by atoms with Gasteiger partial charge >= 0.3 is 0 Å². The molecule has 0 spiro atoms. The van der Waals surface area contributed by atoms with E-state index in [2.05, 4.69) is 0 Å². The lowest BCUT2D eigenvalue weighted by atomic mass is 10.1. The molecule has 1 amide bonds. The standard InChI is InChI=1S/C12H14ClNO3/c1-16-10-3-2-4-11-9(10)8-14(5-6-17-11)12(15)7-13/h2-4H,5-8H2,1H3. The van der Waals surface area contributed by atoms with E-state index in [9.17, 15) is 4.79 Å². The topological polar surface area (TPSA) is 38.8 Å². The van der Waals surface area contributed by atoms with Gasteiger partial charge in [0.25, 0.3) is 0 Å². The van der Waals surface area contributed by atoms with Crippen molar-refractivity contribution >= 4 is 17.5 Å². The van der Waals surface area contributed by atoms with Crippen LogP contribution in [0.3, 0.4) is 0 Å². The second kappa shape index (κ2) is 5.27. The van der Waals surface area contributed by atoms with Crippen molar-refractivity contribution in [2.75, 3.05) is 26.1 Å². The van der Waals surface area contributed by atoms with Gasteiger partial charge in [0.05, 0.1) is 25.8 Å². The van der Waals surface area contributed by atoms with Gasteiger partial charge in [-0.2, -0.15) is 0 Å². The lowest BCUT2D eigenvalue weighted by Gasteiger charge is -2.19. The zero-order valence-corrected chi connectivity index (χ0v) is 10.4. The summed E-state index contributed by atoms with van der Waals surface area (Å²) >= 11 is 5.58. The highest BCUT2D eigenvalue weighted by Gasteiger charge is 2.21. The molecule has 0 bridgehead atoms. The Balaban J connectivity index is 2.32. The van der Waals surface area contributed by atoms with Gasteiger partial charge in [-0.05, 0) is 12.1 Å². The molecule has 17 heavy (non-hydrogen) atoms. The maximum Gasteiger partial charge on any atom is 0.237 e. The lowest BCUT2D eigenvalue weighted by Crippen LogP contribution is -2.33. The van der Waals surface area contributed by atoms with Crippen LogP contribution in [0.2, 0.25) is 0 Å². The van der Waals surface area contributed by atoms with E-state index in [0.717, 1.165) is 17.1 Å². The highest BCUT2D eigenvalue weighted by molar-refractivity contribution is 6.27. The first-order valence-electron chi connectivity index (χ1n) is 5.38. The minimum Gasteiger partial charge on any atom is -0.496 e. The van der Waals surface area contributed by atoms with Crippen molar-refractivity contribution in [3.05, 3.63) is 23.8 Å². The molecule has 1 aliphatic rings. The summed E-state index contributed by atoms with van der Waals surface area (Å²) in [5, 5.41) is 0. The Kier molecular flexibility index (Phi) is 3.74. The monoisotopic (exact) mass is 255 g/mol. The summed E-state index contributed by atoms with van der Waals surface area (Å²) in [6, 6.07) is 5.61. The Hall–Kier alpha value is -1.42. The van der Waals surface area contributed by atoms with E-state index in [1.807, 2.05) is 18.2 Å². The molecule has 92 valence electrons. The third-order valence-electron chi connectivity index (χ3n) is 2.74. The van der Waals surface area contributed by atoms with Crippen molar-refractivity contribution in [3.63, 3.8) is 0 Å². The van der Waals surface area contributed by atoms with E-state index >= 15 is 0 Å². The molecule has 0 saturated carbocycles. The fraction of sp³-hybridized carbons (Fsp3) is 0.417. The predicted molar refractivity (Wildman–Crippen MR) is 64.6 cm³/mol. The fourth-order valence-electron chi connectivity index (χ4n) is 1.86. The number of ether oxygens (including phenoxy) is 2. The predicted octanol–water partition coefficient (Wildman–Crippen LogP) is 1.66. The molecule has 0 aliphatic carbocycles. The van der Waals surface area contributed by atoms with Gasteiger partial charge < -0.3 is 14.4 Å². The third-order valence-corrected chi connectivity index (χ3v) is 2.97. The fourth-order valence-corrected chi connectivity index (χ4v) is 2.03. The third kappa shape index (κ3) is 2.47. The van der Waals surface area contributed by atoms with Crippen molar-refractivity contribution in [2.24, 2.45) is 0 Å². The quantitative estimate of drug-likeness (QED) is 0.755. The zero-order chi connectivity index (χ0) is 12.3. The second-order valence-electron chi connectivity index (χ2n) is 3.73. The number of halogens is 1. The van der Waals surface area contributed by atoms with Gasteiger partial charge in [-0.15, -0.1) is 11.6 Å². The molecule has 4 nitrogen and oxygen atoms in total. The molecule has 1 heterocycles. The Morgan fingerprint density at radius 2 is 2.41 bits per heavy atom. The van der Waals surface area contributed by atoms with Gasteiger partial charge in [-0.25, -0.2) is 0 Å². The van der Waals surface area contributed by atoms with E-state index in [0.29, 0.717) is 19.7 Å². The number of amides is 1. The van der Waals surface area contributed by atoms with Crippen LogP contribution in [0.25, 0.3) is 0 Å². The van der Waals surface area contributed by atoms with E-state index in [1.165, 1.54) is 0 Å². The highest BCUT2D eigenvalue weighted by Crippen LogP contribution is 2.31. The molecule has 0 fully saturated rings. The summed E-state index contributed by atoms with van der Waals surface area (Å²) in [6.07, 6.45) is 0. The van der Waals surface area contributed by atoms with Crippen molar-refractivity contribution in [1.82, 2.24) is 4.90 Å². The van der Waals surface area contributed by atoms with Crippen LogP contribution in [-0.4, -0.2) is 36.9 Å². The van der Waals surface area contributed by atoms with Crippen LogP contribution in [0.1, 0.15) is 5.56 Å². The summed E-state index contributed by atoms with van der Waals surface area (Å²) < 4.78 is 10.9. The molecule has 1 aliphatic heterocycles. The molecule has 1 aromatic carbocycles. The smallest absolute Gasteiger partial charge is 0.237 e. The van der Waals surface area contributed by atoms with Gasteiger partial charge in [0.2, 0.25) is 5.91 Å². The molecule has 1 aromatic rings. The van der Waals surface area contributed by atoms with Gasteiger partial charge in [0.1, 0.15) is 24.0 Å². The van der Waals surface area contributed by atoms with E-state index in [-0.39, 0.29) is 11.8 Å². The maximum absolute atomic E-state index is 11.6. The minimum absolute atomic E-state index is 0.00944. The molecule has 0 atom stereocenters. The molecular formula is C12H14ClNO3. The summed E-state index contributed by atoms with van der Waals surface area (Å²) in [5.74, 6) is 1.41. The van der Waals surface area contributed by atoms with Crippen LogP contribution in [-0.2, 0) is 11.3 Å². The van der Waals surface area contributed by atoms with Crippen molar-refractivity contribution in [3.8, 4) is 11.5 Å². The van der Waals surface area contributed by atoms with Gasteiger partial charge in [0.15, 0.2) is 0 Å². The number of nitrogens with zero attached hydrogens (tertiary/aromatic N) is 1. The van der Waals surface area contributed by atoms with E-state index in [1.54, 1.807) is 12.0 Å². The number of carbonyl (C=O) groups is 1. The SMILES string of the molecule is COc1cccc2c1CN(C(=O)CCl)CCO2. The lowest BCUT2D eigenvalue weighted by molar-refractivity contribution is -0.129. The molecular weight excluding hydrogens is 242 g/mol. The van der Waals surface area contributed by atoms with Crippen molar-refractivity contribution in [1.29, 1.82) is 0 Å². The summed E-state index contributed by atoms with van der Waals surface area (Å²) in [5.41, 5.74) is 0.894. The van der Waals surface area contributed by atoms with Crippen molar-refractivity contribution in [2.45, 2.75) is 6.54 Å². The first-order valence-corrected chi connectivity index (χ1v) is 5.92. The van der Waals surface area contributed by atoms with Gasteiger partial charge in [-0.1, -0.05) is 6.07 Å². The average molecular weight is 256 g/mol. The molecule has 0 N–H and O–H groups in total. The summed E-state index contributed by atoms with van der Waals surface area (Å²) in [7, 11) is 1.61. The first-order chi connectivity index (χ1) is 8.26. The molecule has 2 rings (SSSR count). The van der Waals surface area contributed by atoms with Gasteiger partial charge in [0, 0.05) is 0 Å². The Bertz CT molecular complexity index is 422. The van der Waals surface area contributed by atoms with Crippen LogP contribution in [0.4, 0.5) is 0 Å². The first kappa shape index (κ1) is 12.0. The Morgan fingerprint density at radius 3 is 3.12 bits per heavy atom. The van der Waals surface area contributed by atoms with Crippen LogP contribution < -0.4 is 9.47 Å². The zero-order valence-electron chi connectivity index (χ0n) is 9.61. The number of methoxy groups -OCH3 is 1. The van der Waals surface area contributed by atoms with Crippen LogP contribution in [0, 0.1) is 0 Å². The maximum atomic E-state index is 11.6. The molecule has 0 unspecified atom stereocenters. The number of hydrogen-bond donors (Lipinski definition) is 0. The average Bonchev–Trinajstić information content (AvgIpc) is 2.59. The van der Waals surface area contributed by atoms with Crippen molar-refractivity contribution < 1.29 is 14.3 Å². The van der Waals surface area contributed by atoms with Crippen LogP contribution in [0.5, 0.6) is 11.5 Å². The number of hydrogen-bond acceptors (Lipinski definition) is 3. The molecule has 5 heteroatoms. The molecule has 0 aromatic heterocycles. The molecule has 0 radical (unpaired) electrons. The van der Waals surface area contributed by atoms with E-state index < -0.39 is 0 Å². The van der Waals surface area contributed by atoms with Crippen LogP contribution >= 0.6 is 11.6 Å². The summed E-state index contributed by atoms with van der Waals surface area (Å²) in [6.45, 7) is 1.50. The highest BCUT2D eigenvalue weighted by atomic mass is 35.5. The normalized spacial score (nSPS) is 14.6. The summed E-state index contributed by atoms with van der Waals surface area (Å²) in [4.78, 5) is 13.3. The van der Waals surface area contributed by atoms with Crippen LogP contribution in [0.15, 0.2) is 18.2 Å². The number of carbonyl (C=O) groups excluding carboxylic acids is 1. The second-order valence-corrected chi connectivity index (χ2v) is 4.00. The minimum atomic E-state index is -0.0889. The molecule has 0 saturated heterocycles. The number of rotatable bonds is 2. The van der Waals surface area contributed by atoms with Gasteiger partial charge in [-0.3, -0.25) is 4.79 Å². The Morgan fingerprint density at radius 1 is 1.59 bits per heavy atom. The van der Waals surface area contributed by atoms with E-state index in [4.69, 9.17) is 21.1 Å².